The number of nitrogens with zero attached hydrogens (tertiary/aromatic N) is 1. The molecule has 2 heteroatoms. The van der Waals surface area contributed by atoms with Crippen LogP contribution >= 0.6 is 0 Å². The zero-order chi connectivity index (χ0) is 6.85. The number of hydrogen-bond acceptors (Lipinski definition) is 1. The Morgan fingerprint density at radius 1 is 1.78 bits per heavy atom. The van der Waals surface area contributed by atoms with E-state index in [-0.39, 0.29) is 0 Å². The molecule has 0 fully saturated rings. The first-order valence-corrected chi connectivity index (χ1v) is 3.48. The van der Waals surface area contributed by atoms with E-state index in [0.29, 0.717) is 0 Å². The first kappa shape index (κ1) is 6.62. The van der Waals surface area contributed by atoms with Crippen molar-refractivity contribution >= 4 is 0 Å². The minimum absolute atomic E-state index is 1.14. The van der Waals surface area contributed by atoms with Gasteiger partial charge in [0.15, 0.2) is 6.67 Å². The summed E-state index contributed by atoms with van der Waals surface area (Å²) in [6.07, 6.45) is 2.28. The zero-order valence-electron chi connectivity index (χ0n) is 6.44. The van der Waals surface area contributed by atoms with Crippen molar-refractivity contribution in [3.8, 4) is 0 Å². The molecule has 0 bridgehead atoms. The summed E-state index contributed by atoms with van der Waals surface area (Å²) in [5.41, 5.74) is 1.40. The van der Waals surface area contributed by atoms with Crippen molar-refractivity contribution in [1.29, 1.82) is 0 Å². The molecular formula is C7H15N2+. The van der Waals surface area contributed by atoms with Gasteiger partial charge in [-0.1, -0.05) is 0 Å². The number of rotatable bonds is 1. The number of nitrogens with one attached hydrogen (secondary N) is 1. The molecule has 0 amide bonds. The van der Waals surface area contributed by atoms with Crippen molar-refractivity contribution in [3.63, 3.8) is 0 Å². The summed E-state index contributed by atoms with van der Waals surface area (Å²) >= 11 is 0. The molecule has 0 saturated heterocycles. The van der Waals surface area contributed by atoms with Crippen molar-refractivity contribution in [2.45, 2.75) is 13.8 Å². The Balaban J connectivity index is 2.52. The van der Waals surface area contributed by atoms with Crippen molar-refractivity contribution in [3.05, 3.63) is 11.9 Å². The van der Waals surface area contributed by atoms with Crippen LogP contribution in [0.2, 0.25) is 0 Å². The summed E-state index contributed by atoms with van der Waals surface area (Å²) in [7, 11) is 2.13. The molecular weight excluding hydrogens is 112 g/mol. The maximum Gasteiger partial charge on any atom is 0.156 e. The molecule has 9 heavy (non-hydrogen) atoms. The molecule has 1 aliphatic rings. The van der Waals surface area contributed by atoms with Gasteiger partial charge in [0, 0.05) is 7.05 Å². The largest absolute Gasteiger partial charge is 0.327 e. The van der Waals surface area contributed by atoms with Gasteiger partial charge in [-0.25, -0.2) is 0 Å². The topological polar surface area (TPSA) is 7.68 Å². The average Bonchev–Trinajstić information content (AvgIpc) is 2.13. The molecule has 0 aromatic rings. The lowest BCUT2D eigenvalue weighted by molar-refractivity contribution is -0.846. The van der Waals surface area contributed by atoms with E-state index < -0.39 is 0 Å². The molecule has 0 saturated carbocycles. The van der Waals surface area contributed by atoms with Gasteiger partial charge in [0.2, 0.25) is 0 Å². The monoisotopic (exact) mass is 127 g/mol. The highest BCUT2D eigenvalue weighted by Gasteiger charge is 2.15. The van der Waals surface area contributed by atoms with Gasteiger partial charge in [0.05, 0.1) is 12.2 Å². The van der Waals surface area contributed by atoms with Gasteiger partial charge in [-0.05, 0) is 13.8 Å². The van der Waals surface area contributed by atoms with Gasteiger partial charge in [-0.3, -0.25) is 4.90 Å². The van der Waals surface area contributed by atoms with E-state index in [9.17, 15) is 0 Å². The zero-order valence-corrected chi connectivity index (χ0v) is 6.44. The van der Waals surface area contributed by atoms with Gasteiger partial charge >= 0.3 is 0 Å². The SMILES string of the molecule is CC[NH+]1C=C(C)N(C)C1. The predicted molar refractivity (Wildman–Crippen MR) is 37.9 cm³/mol. The average molecular weight is 127 g/mol. The van der Waals surface area contributed by atoms with Crippen molar-refractivity contribution in [2.24, 2.45) is 0 Å². The molecule has 0 aromatic heterocycles. The highest BCUT2D eigenvalue weighted by Crippen LogP contribution is 1.97. The van der Waals surface area contributed by atoms with E-state index in [1.54, 1.807) is 4.90 Å². The van der Waals surface area contributed by atoms with Gasteiger partial charge in [-0.2, -0.15) is 0 Å². The molecule has 52 valence electrons. The Hall–Kier alpha value is -0.500. The second kappa shape index (κ2) is 2.40. The fraction of sp³-hybridized carbons (Fsp3) is 0.714. The lowest BCUT2D eigenvalue weighted by Gasteiger charge is -2.11. The van der Waals surface area contributed by atoms with E-state index >= 15 is 0 Å². The first-order valence-electron chi connectivity index (χ1n) is 3.48. The van der Waals surface area contributed by atoms with Crippen LogP contribution in [0.15, 0.2) is 11.9 Å². The van der Waals surface area contributed by atoms with E-state index in [1.807, 2.05) is 0 Å². The van der Waals surface area contributed by atoms with Gasteiger partial charge < -0.3 is 4.90 Å². The van der Waals surface area contributed by atoms with Crippen molar-refractivity contribution < 1.29 is 4.90 Å². The van der Waals surface area contributed by atoms with Crippen LogP contribution in [-0.4, -0.2) is 25.2 Å². The number of allylic oxidation sites excluding steroid dienone is 1. The van der Waals surface area contributed by atoms with Crippen LogP contribution in [0.4, 0.5) is 0 Å². The van der Waals surface area contributed by atoms with E-state index in [0.717, 1.165) is 6.67 Å². The quantitative estimate of drug-likeness (QED) is 0.506. The summed E-state index contributed by atoms with van der Waals surface area (Å²) in [4.78, 5) is 3.83. The smallest absolute Gasteiger partial charge is 0.156 e. The lowest BCUT2D eigenvalue weighted by atomic mass is 10.5. The normalized spacial score (nSPS) is 26.8. The van der Waals surface area contributed by atoms with Crippen LogP contribution in [0.25, 0.3) is 0 Å². The number of hydrogen-bond donors (Lipinski definition) is 1. The van der Waals surface area contributed by atoms with Crippen LogP contribution in [0.1, 0.15) is 13.8 Å². The van der Waals surface area contributed by atoms with Gasteiger partial charge in [0.1, 0.15) is 6.20 Å². The van der Waals surface area contributed by atoms with Gasteiger partial charge in [0.25, 0.3) is 0 Å². The fourth-order valence-corrected chi connectivity index (χ4v) is 1.09. The summed E-state index contributed by atoms with van der Waals surface area (Å²) in [5.74, 6) is 0. The lowest BCUT2D eigenvalue weighted by Crippen LogP contribution is -3.06. The van der Waals surface area contributed by atoms with E-state index in [2.05, 4.69) is 32.0 Å². The Labute approximate surface area is 56.8 Å². The van der Waals surface area contributed by atoms with Crippen LogP contribution in [0.3, 0.4) is 0 Å². The van der Waals surface area contributed by atoms with Gasteiger partial charge in [-0.15, -0.1) is 0 Å². The minimum atomic E-state index is 1.14. The highest BCUT2D eigenvalue weighted by atomic mass is 15.3. The molecule has 0 radical (unpaired) electrons. The van der Waals surface area contributed by atoms with Crippen LogP contribution in [0, 0.1) is 0 Å². The Morgan fingerprint density at radius 3 is 2.67 bits per heavy atom. The standard InChI is InChI=1S/C7H14N2/c1-4-9-5-7(2)8(3)6-9/h5H,4,6H2,1-3H3/p+1. The third-order valence-corrected chi connectivity index (χ3v) is 1.91. The van der Waals surface area contributed by atoms with Crippen molar-refractivity contribution in [1.82, 2.24) is 4.90 Å². The molecule has 0 aromatic carbocycles. The third-order valence-electron chi connectivity index (χ3n) is 1.91. The maximum atomic E-state index is 2.28. The molecule has 1 atom stereocenters. The summed E-state index contributed by atoms with van der Waals surface area (Å²) in [6.45, 7) is 6.70. The predicted octanol–water partition coefficient (Wildman–Crippen LogP) is -0.345. The Morgan fingerprint density at radius 2 is 2.44 bits per heavy atom. The molecule has 1 unspecified atom stereocenters. The highest BCUT2D eigenvalue weighted by molar-refractivity contribution is 4.92. The third kappa shape index (κ3) is 1.24. The molecule has 0 spiro atoms. The second-order valence-corrected chi connectivity index (χ2v) is 2.65. The fourth-order valence-electron chi connectivity index (χ4n) is 1.09. The minimum Gasteiger partial charge on any atom is -0.327 e. The van der Waals surface area contributed by atoms with Crippen molar-refractivity contribution in [2.75, 3.05) is 20.3 Å². The molecule has 2 nitrogen and oxygen atoms in total. The summed E-state index contributed by atoms with van der Waals surface area (Å²) in [5, 5.41) is 0. The first-order chi connectivity index (χ1) is 4.24. The van der Waals surface area contributed by atoms with E-state index in [4.69, 9.17) is 0 Å². The number of quaternary nitrogens is 1. The molecule has 0 aliphatic carbocycles. The van der Waals surface area contributed by atoms with Crippen LogP contribution in [-0.2, 0) is 0 Å². The Bertz CT molecular complexity index is 129. The van der Waals surface area contributed by atoms with Crippen LogP contribution < -0.4 is 4.90 Å². The molecule has 1 heterocycles. The molecule has 1 aliphatic heterocycles. The molecule has 1 rings (SSSR count). The van der Waals surface area contributed by atoms with E-state index in [1.165, 1.54) is 12.2 Å². The Kier molecular flexibility index (Phi) is 1.76. The summed E-state index contributed by atoms with van der Waals surface area (Å²) < 4.78 is 0. The molecule has 1 N–H and O–H groups in total. The maximum absolute atomic E-state index is 2.28. The second-order valence-electron chi connectivity index (χ2n) is 2.65. The van der Waals surface area contributed by atoms with Crippen LogP contribution in [0.5, 0.6) is 0 Å². The summed E-state index contributed by atoms with van der Waals surface area (Å²) in [6, 6.07) is 0.